The Kier molecular flexibility index (Phi) is 6.66. The summed E-state index contributed by atoms with van der Waals surface area (Å²) < 4.78 is 5.04. The summed E-state index contributed by atoms with van der Waals surface area (Å²) in [4.78, 5) is 11.4. The molecule has 3 aromatic heterocycles. The number of thiophene rings is 1. The number of hydrogen-bond acceptors (Lipinski definition) is 3. The Morgan fingerprint density at radius 3 is 1.98 bits per heavy atom. The van der Waals surface area contributed by atoms with Gasteiger partial charge >= 0.3 is 0 Å². The van der Waals surface area contributed by atoms with Crippen molar-refractivity contribution in [2.45, 2.75) is 19.3 Å². The van der Waals surface area contributed by atoms with E-state index in [1.807, 2.05) is 11.3 Å². The van der Waals surface area contributed by atoms with E-state index in [0.717, 1.165) is 50.5 Å². The second kappa shape index (κ2) is 12.0. The van der Waals surface area contributed by atoms with Gasteiger partial charge in [-0.05, 0) is 75.0 Å². The smallest absolute Gasteiger partial charge is 0.0974 e. The largest absolute Gasteiger partial charge is 0.309 e. The molecule has 0 amide bonds. The molecule has 9 aromatic carbocycles. The Morgan fingerprint density at radius 2 is 1.12 bits per heavy atom. The first-order chi connectivity index (χ1) is 29.0. The molecule has 12 aromatic rings. The van der Waals surface area contributed by atoms with Crippen LogP contribution in [0.4, 0.5) is 0 Å². The van der Waals surface area contributed by atoms with Crippen LogP contribution in [0.2, 0.25) is 0 Å². The molecule has 4 heteroatoms. The highest BCUT2D eigenvalue weighted by Gasteiger charge is 2.39. The molecule has 0 N–H and O–H groups in total. The van der Waals surface area contributed by atoms with Gasteiger partial charge in [0.05, 0.1) is 39.5 Å². The molecule has 0 aliphatic heterocycles. The molecule has 0 spiro atoms. The minimum Gasteiger partial charge on any atom is -0.309 e. The number of hydrogen-bond donors (Lipinski definition) is 0. The van der Waals surface area contributed by atoms with Gasteiger partial charge in [-0.3, -0.25) is 0 Å². The minimum absolute atomic E-state index is 0.295. The molecule has 0 unspecified atom stereocenters. The third kappa shape index (κ3) is 4.63. The molecular weight excluding hydrogens is 735 g/mol. The van der Waals surface area contributed by atoms with Crippen molar-refractivity contribution in [3.8, 4) is 39.5 Å². The fourth-order valence-electron chi connectivity index (χ4n) is 10.0. The average Bonchev–Trinajstić information content (AvgIpc) is 3.89. The molecule has 13 rings (SSSR count). The van der Waals surface area contributed by atoms with Gasteiger partial charge in [0.25, 0.3) is 0 Å². The number of fused-ring (bicyclic) bond motifs is 13. The van der Waals surface area contributed by atoms with Crippen molar-refractivity contribution in [1.82, 2.24) is 14.5 Å². The highest BCUT2D eigenvalue weighted by atomic mass is 32.1. The molecule has 0 saturated carbocycles. The van der Waals surface area contributed by atoms with Crippen LogP contribution >= 0.6 is 11.3 Å². The monoisotopic (exact) mass is 769 g/mol. The van der Waals surface area contributed by atoms with Crippen molar-refractivity contribution in [3.63, 3.8) is 0 Å². The number of aromatic nitrogens is 3. The number of benzene rings is 9. The second-order valence-corrected chi connectivity index (χ2v) is 17.6. The van der Waals surface area contributed by atoms with Gasteiger partial charge in [-0.15, -0.1) is 11.3 Å². The van der Waals surface area contributed by atoms with E-state index >= 15 is 0 Å². The van der Waals surface area contributed by atoms with E-state index < -0.39 is 0 Å². The fourth-order valence-corrected chi connectivity index (χ4v) is 11.2. The Bertz CT molecular complexity index is 3770. The zero-order valence-corrected chi connectivity index (χ0v) is 33.3. The molecular formula is C55H35N3S. The van der Waals surface area contributed by atoms with E-state index in [1.165, 1.54) is 74.5 Å². The zero-order valence-electron chi connectivity index (χ0n) is 32.5. The Morgan fingerprint density at radius 1 is 0.441 bits per heavy atom. The Labute approximate surface area is 344 Å². The van der Waals surface area contributed by atoms with Gasteiger partial charge in [0.1, 0.15) is 0 Å². The van der Waals surface area contributed by atoms with Crippen LogP contribution in [-0.4, -0.2) is 14.5 Å². The van der Waals surface area contributed by atoms with Crippen LogP contribution < -0.4 is 0 Å². The molecule has 3 nitrogen and oxygen atoms in total. The highest BCUT2D eigenvalue weighted by molar-refractivity contribution is 7.25. The van der Waals surface area contributed by atoms with Crippen LogP contribution in [0, 0.1) is 0 Å². The molecule has 276 valence electrons. The lowest BCUT2D eigenvalue weighted by Crippen LogP contribution is -2.17. The van der Waals surface area contributed by atoms with Crippen LogP contribution in [0.1, 0.15) is 25.1 Å². The van der Waals surface area contributed by atoms with Gasteiger partial charge < -0.3 is 4.57 Å². The fraction of sp³-hybridized carbons (Fsp3) is 0.0545. The molecule has 3 heterocycles. The number of nitrogens with zero attached hydrogens (tertiary/aromatic N) is 3. The molecule has 59 heavy (non-hydrogen) atoms. The zero-order chi connectivity index (χ0) is 39.0. The molecule has 0 radical (unpaired) electrons. The molecule has 1 aliphatic carbocycles. The third-order valence-electron chi connectivity index (χ3n) is 12.9. The third-order valence-corrected chi connectivity index (χ3v) is 14.0. The van der Waals surface area contributed by atoms with Gasteiger partial charge in [-0.1, -0.05) is 147 Å². The van der Waals surface area contributed by atoms with Crippen LogP contribution in [0.25, 0.3) is 114 Å². The van der Waals surface area contributed by atoms with Crippen molar-refractivity contribution in [2.24, 2.45) is 0 Å². The average molecular weight is 770 g/mol. The summed E-state index contributed by atoms with van der Waals surface area (Å²) in [7, 11) is 0. The maximum absolute atomic E-state index is 5.73. The summed E-state index contributed by atoms with van der Waals surface area (Å²) in [5, 5.41) is 12.4. The second-order valence-electron chi connectivity index (χ2n) is 16.5. The van der Waals surface area contributed by atoms with Crippen molar-refractivity contribution in [1.29, 1.82) is 0 Å². The predicted molar refractivity (Wildman–Crippen MR) is 250 cm³/mol. The first kappa shape index (κ1) is 32.9. The van der Waals surface area contributed by atoms with E-state index in [9.17, 15) is 0 Å². The van der Waals surface area contributed by atoms with Gasteiger partial charge in [0.2, 0.25) is 0 Å². The van der Waals surface area contributed by atoms with E-state index in [0.29, 0.717) is 0 Å². The van der Waals surface area contributed by atoms with Crippen LogP contribution in [0.5, 0.6) is 0 Å². The Balaban J connectivity index is 1.14. The van der Waals surface area contributed by atoms with Gasteiger partial charge in [-0.25, -0.2) is 9.97 Å². The maximum atomic E-state index is 5.73. The lowest BCUT2D eigenvalue weighted by molar-refractivity contribution is 0.636. The van der Waals surface area contributed by atoms with E-state index in [-0.39, 0.29) is 5.41 Å². The summed E-state index contributed by atoms with van der Waals surface area (Å²) in [6.07, 6.45) is 0. The topological polar surface area (TPSA) is 30.7 Å². The molecule has 0 bridgehead atoms. The summed E-state index contributed by atoms with van der Waals surface area (Å²) >= 11 is 1.84. The first-order valence-corrected chi connectivity index (χ1v) is 21.1. The summed E-state index contributed by atoms with van der Waals surface area (Å²) in [5.41, 5.74) is 11.5. The van der Waals surface area contributed by atoms with Crippen molar-refractivity contribution in [3.05, 3.63) is 187 Å². The van der Waals surface area contributed by atoms with Crippen molar-refractivity contribution < 1.29 is 0 Å². The summed E-state index contributed by atoms with van der Waals surface area (Å²) in [6, 6.07) is 64.6. The van der Waals surface area contributed by atoms with Crippen molar-refractivity contribution >= 4 is 85.6 Å². The number of rotatable bonds is 3. The lowest BCUT2D eigenvalue weighted by Gasteiger charge is -2.21. The van der Waals surface area contributed by atoms with Crippen LogP contribution in [0.3, 0.4) is 0 Å². The van der Waals surface area contributed by atoms with E-state index in [4.69, 9.17) is 9.97 Å². The van der Waals surface area contributed by atoms with E-state index in [2.05, 4.69) is 194 Å². The molecule has 0 saturated heterocycles. The van der Waals surface area contributed by atoms with Crippen LogP contribution in [0.15, 0.2) is 176 Å². The van der Waals surface area contributed by atoms with Gasteiger partial charge in [0.15, 0.2) is 0 Å². The molecule has 0 atom stereocenters. The standard InChI is InChI=1S/C55H35N3S/c1-55(2)44-21-11-9-20-42(44)53-54(55)57-51(36-23-25-41-40-19-10-12-22-48(40)59-49(41)31-36)52(56-53)37-27-35-16-6-7-17-38(35)46(30-37)58-45-26-24-32-13-5-8-18-39(32)50(45)43-28-33-14-3-4-15-34(33)29-47(43)58/h3-31H,1-2H3. The lowest BCUT2D eigenvalue weighted by atomic mass is 9.85. The SMILES string of the molecule is CC1(C)c2ccccc2-c2nc(-c3cc(-n4c5cc6ccccc6cc5c5c6ccccc6ccc54)c4ccccc4c3)c(-c3ccc4c(c3)sc3ccccc34)nc21. The molecule has 1 aliphatic rings. The highest BCUT2D eigenvalue weighted by Crippen LogP contribution is 2.50. The van der Waals surface area contributed by atoms with Gasteiger partial charge in [-0.2, -0.15) is 0 Å². The summed E-state index contributed by atoms with van der Waals surface area (Å²) in [5.74, 6) is 0. The van der Waals surface area contributed by atoms with Crippen LogP contribution in [-0.2, 0) is 5.41 Å². The van der Waals surface area contributed by atoms with E-state index in [1.54, 1.807) is 0 Å². The minimum atomic E-state index is -0.295. The van der Waals surface area contributed by atoms with Crippen molar-refractivity contribution in [2.75, 3.05) is 0 Å². The maximum Gasteiger partial charge on any atom is 0.0974 e. The first-order valence-electron chi connectivity index (χ1n) is 20.3. The summed E-state index contributed by atoms with van der Waals surface area (Å²) in [6.45, 7) is 4.57. The Hall–Kier alpha value is -7.14. The normalized spacial score (nSPS) is 13.4. The van der Waals surface area contributed by atoms with Gasteiger partial charge in [0, 0.05) is 58.4 Å². The quantitative estimate of drug-likeness (QED) is 0.179. The molecule has 0 fully saturated rings. The predicted octanol–water partition coefficient (Wildman–Crippen LogP) is 15.0.